The highest BCUT2D eigenvalue weighted by Gasteiger charge is 2.08. The first-order valence-corrected chi connectivity index (χ1v) is 7.34. The summed E-state index contributed by atoms with van der Waals surface area (Å²) in [6.07, 6.45) is 5.37. The summed E-state index contributed by atoms with van der Waals surface area (Å²) in [6, 6.07) is 5.37. The maximum Gasteiger partial charge on any atom is 0.258 e. The smallest absolute Gasteiger partial charge is 0.258 e. The Kier molecular flexibility index (Phi) is 5.82. The van der Waals surface area contributed by atoms with Gasteiger partial charge in [-0.3, -0.25) is 9.78 Å². The lowest BCUT2D eigenvalue weighted by molar-refractivity contribution is -0.123. The molecule has 1 amide bonds. The Morgan fingerprint density at radius 3 is 2.77 bits per heavy atom. The van der Waals surface area contributed by atoms with Crippen molar-refractivity contribution in [1.29, 1.82) is 0 Å². The largest absolute Gasteiger partial charge is 0.467 e. The minimum atomic E-state index is -0.143. The Hall–Kier alpha value is -2.50. The van der Waals surface area contributed by atoms with E-state index in [2.05, 4.69) is 27.2 Å². The maximum atomic E-state index is 11.6. The number of nitrogens with one attached hydrogen (secondary N) is 1. The number of rotatable bonds is 7. The van der Waals surface area contributed by atoms with Gasteiger partial charge in [-0.05, 0) is 25.5 Å². The number of aromatic nitrogens is 3. The third-order valence-corrected chi connectivity index (χ3v) is 2.97. The van der Waals surface area contributed by atoms with E-state index in [0.29, 0.717) is 18.2 Å². The molecule has 0 saturated heterocycles. The van der Waals surface area contributed by atoms with E-state index in [-0.39, 0.29) is 12.5 Å². The number of hydrogen-bond donors (Lipinski definition) is 1. The van der Waals surface area contributed by atoms with Crippen molar-refractivity contribution >= 4 is 5.91 Å². The molecule has 0 fully saturated rings. The zero-order chi connectivity index (χ0) is 15.8. The average Bonchev–Trinajstić information content (AvgIpc) is 2.53. The van der Waals surface area contributed by atoms with Crippen molar-refractivity contribution < 1.29 is 9.53 Å². The number of nitrogens with zero attached hydrogens (tertiary/aromatic N) is 3. The molecule has 6 nitrogen and oxygen atoms in total. The summed E-state index contributed by atoms with van der Waals surface area (Å²) >= 11 is 0. The molecular formula is C16H20N4O2. The molecule has 2 heterocycles. The first kappa shape index (κ1) is 15.9. The van der Waals surface area contributed by atoms with Gasteiger partial charge in [0, 0.05) is 36.3 Å². The fourth-order valence-electron chi connectivity index (χ4n) is 1.84. The Labute approximate surface area is 130 Å². The van der Waals surface area contributed by atoms with Crippen LogP contribution in [0, 0.1) is 6.92 Å². The molecule has 0 aliphatic rings. The molecule has 0 aliphatic carbocycles. The number of aryl methyl sites for hydroxylation is 1. The van der Waals surface area contributed by atoms with Crippen LogP contribution in [-0.2, 0) is 4.79 Å². The van der Waals surface area contributed by atoms with E-state index in [9.17, 15) is 4.79 Å². The summed E-state index contributed by atoms with van der Waals surface area (Å²) in [7, 11) is 0. The minimum Gasteiger partial charge on any atom is -0.467 e. The van der Waals surface area contributed by atoms with Crippen LogP contribution >= 0.6 is 0 Å². The molecule has 6 heteroatoms. The van der Waals surface area contributed by atoms with E-state index < -0.39 is 0 Å². The molecule has 0 spiro atoms. The molecule has 0 radical (unpaired) electrons. The molecule has 0 saturated carbocycles. The zero-order valence-corrected chi connectivity index (χ0v) is 12.9. The molecule has 0 atom stereocenters. The van der Waals surface area contributed by atoms with Gasteiger partial charge in [0.1, 0.15) is 0 Å². The number of amides is 1. The molecule has 22 heavy (non-hydrogen) atoms. The monoisotopic (exact) mass is 300 g/mol. The molecule has 116 valence electrons. The molecule has 2 aromatic heterocycles. The standard InChI is InChI=1S/C16H20N4O2/c1-3-4-7-18-14(21)11-22-15-10-12(2)19-16(20-15)13-5-8-17-9-6-13/h5-6,8-10H,3-4,7,11H2,1-2H3,(H,18,21). The second-order valence-corrected chi connectivity index (χ2v) is 4.90. The predicted molar refractivity (Wildman–Crippen MR) is 83.4 cm³/mol. The van der Waals surface area contributed by atoms with E-state index in [1.54, 1.807) is 18.5 Å². The summed E-state index contributed by atoms with van der Waals surface area (Å²) < 4.78 is 5.46. The topological polar surface area (TPSA) is 77.0 Å². The highest BCUT2D eigenvalue weighted by molar-refractivity contribution is 5.77. The van der Waals surface area contributed by atoms with Crippen LogP contribution in [0.25, 0.3) is 11.4 Å². The van der Waals surface area contributed by atoms with E-state index in [1.165, 1.54) is 0 Å². The third-order valence-electron chi connectivity index (χ3n) is 2.97. The second kappa shape index (κ2) is 8.07. The SMILES string of the molecule is CCCCNC(=O)COc1cc(C)nc(-c2ccncc2)n1. The number of unbranched alkanes of at least 4 members (excludes halogenated alkanes) is 1. The first-order valence-electron chi connectivity index (χ1n) is 7.34. The number of ether oxygens (including phenoxy) is 1. The van der Waals surface area contributed by atoms with Gasteiger partial charge in [-0.1, -0.05) is 13.3 Å². The fourth-order valence-corrected chi connectivity index (χ4v) is 1.84. The highest BCUT2D eigenvalue weighted by atomic mass is 16.5. The average molecular weight is 300 g/mol. The molecule has 0 bridgehead atoms. The van der Waals surface area contributed by atoms with Crippen molar-refractivity contribution in [2.45, 2.75) is 26.7 Å². The van der Waals surface area contributed by atoms with Gasteiger partial charge in [0.25, 0.3) is 5.91 Å². The Balaban J connectivity index is 2.00. The maximum absolute atomic E-state index is 11.6. The predicted octanol–water partition coefficient (Wildman–Crippen LogP) is 2.14. The van der Waals surface area contributed by atoms with Crippen LogP contribution in [0.5, 0.6) is 5.88 Å². The minimum absolute atomic E-state index is 0.0457. The first-order chi connectivity index (χ1) is 10.7. The lowest BCUT2D eigenvalue weighted by atomic mass is 10.2. The van der Waals surface area contributed by atoms with Crippen molar-refractivity contribution in [3.63, 3.8) is 0 Å². The number of carbonyl (C=O) groups is 1. The van der Waals surface area contributed by atoms with Gasteiger partial charge >= 0.3 is 0 Å². The normalized spacial score (nSPS) is 10.3. The third kappa shape index (κ3) is 4.80. The molecule has 0 aromatic carbocycles. The summed E-state index contributed by atoms with van der Waals surface area (Å²) in [5, 5.41) is 2.80. The van der Waals surface area contributed by atoms with Crippen molar-refractivity contribution in [3.8, 4) is 17.3 Å². The summed E-state index contributed by atoms with van der Waals surface area (Å²) in [5.74, 6) is 0.809. The van der Waals surface area contributed by atoms with Crippen molar-refractivity contribution in [2.75, 3.05) is 13.2 Å². The van der Waals surface area contributed by atoms with Crippen molar-refractivity contribution in [2.24, 2.45) is 0 Å². The van der Waals surface area contributed by atoms with Crippen LogP contribution in [0.4, 0.5) is 0 Å². The van der Waals surface area contributed by atoms with E-state index in [1.807, 2.05) is 19.1 Å². The van der Waals surface area contributed by atoms with Gasteiger partial charge in [0.15, 0.2) is 12.4 Å². The van der Waals surface area contributed by atoms with Crippen LogP contribution in [0.15, 0.2) is 30.6 Å². The molecule has 0 aliphatic heterocycles. The number of pyridine rings is 1. The quantitative estimate of drug-likeness (QED) is 0.793. The number of carbonyl (C=O) groups excluding carboxylic acids is 1. The van der Waals surface area contributed by atoms with E-state index in [4.69, 9.17) is 4.74 Å². The number of hydrogen-bond acceptors (Lipinski definition) is 5. The highest BCUT2D eigenvalue weighted by Crippen LogP contribution is 2.18. The Morgan fingerprint density at radius 2 is 2.05 bits per heavy atom. The van der Waals surface area contributed by atoms with E-state index in [0.717, 1.165) is 24.1 Å². The van der Waals surface area contributed by atoms with Gasteiger partial charge < -0.3 is 10.1 Å². The molecule has 2 rings (SSSR count). The molecule has 2 aromatic rings. The van der Waals surface area contributed by atoms with Crippen molar-refractivity contribution in [1.82, 2.24) is 20.3 Å². The van der Waals surface area contributed by atoms with E-state index >= 15 is 0 Å². The van der Waals surface area contributed by atoms with Gasteiger partial charge in [-0.2, -0.15) is 4.98 Å². The summed E-state index contributed by atoms with van der Waals surface area (Å²) in [5.41, 5.74) is 1.64. The van der Waals surface area contributed by atoms with Gasteiger partial charge in [0.05, 0.1) is 0 Å². The van der Waals surface area contributed by atoms with Crippen LogP contribution in [0.3, 0.4) is 0 Å². The molecular weight excluding hydrogens is 280 g/mol. The molecule has 0 unspecified atom stereocenters. The van der Waals surface area contributed by atoms with Gasteiger partial charge in [-0.25, -0.2) is 4.98 Å². The summed E-state index contributed by atoms with van der Waals surface area (Å²) in [6.45, 7) is 4.56. The Bertz CT molecular complexity index is 617. The van der Waals surface area contributed by atoms with Crippen LogP contribution in [-0.4, -0.2) is 34.0 Å². The van der Waals surface area contributed by atoms with Crippen LogP contribution in [0.2, 0.25) is 0 Å². The van der Waals surface area contributed by atoms with Crippen LogP contribution < -0.4 is 10.1 Å². The van der Waals surface area contributed by atoms with Crippen molar-refractivity contribution in [3.05, 3.63) is 36.3 Å². The van der Waals surface area contributed by atoms with Gasteiger partial charge in [0.2, 0.25) is 5.88 Å². The van der Waals surface area contributed by atoms with Crippen LogP contribution in [0.1, 0.15) is 25.5 Å². The second-order valence-electron chi connectivity index (χ2n) is 4.90. The lowest BCUT2D eigenvalue weighted by Gasteiger charge is -2.08. The zero-order valence-electron chi connectivity index (χ0n) is 12.9. The lowest BCUT2D eigenvalue weighted by Crippen LogP contribution is -2.29. The fraction of sp³-hybridized carbons (Fsp3) is 0.375. The van der Waals surface area contributed by atoms with Gasteiger partial charge in [-0.15, -0.1) is 0 Å². The Morgan fingerprint density at radius 1 is 1.27 bits per heavy atom. The summed E-state index contributed by atoms with van der Waals surface area (Å²) in [4.78, 5) is 24.3. The molecule has 1 N–H and O–H groups in total.